The summed E-state index contributed by atoms with van der Waals surface area (Å²) in [6.07, 6.45) is 0.941. The van der Waals surface area contributed by atoms with Crippen LogP contribution < -0.4 is 0 Å². The lowest BCUT2D eigenvalue weighted by Gasteiger charge is -2.13. The molecule has 1 aromatic carbocycles. The Morgan fingerprint density at radius 1 is 0.826 bits per heavy atom. The van der Waals surface area contributed by atoms with Gasteiger partial charge >= 0.3 is 0 Å². The molecule has 0 aliphatic carbocycles. The van der Waals surface area contributed by atoms with Gasteiger partial charge in [-0.25, -0.2) is 22.0 Å². The molecule has 120 valence electrons. The van der Waals surface area contributed by atoms with Crippen molar-refractivity contribution in [3.8, 4) is 11.1 Å². The maximum absolute atomic E-state index is 13.9. The molecule has 0 saturated heterocycles. The monoisotopic (exact) mass is 329 g/mol. The van der Waals surface area contributed by atoms with Crippen LogP contribution in [0.25, 0.3) is 11.1 Å². The van der Waals surface area contributed by atoms with Crippen molar-refractivity contribution < 1.29 is 31.5 Å². The normalized spacial score (nSPS) is 10.7. The maximum Gasteiger partial charge on any atom is 0.200 e. The highest BCUT2D eigenvalue weighted by atomic mass is 19.2. The Balaban J connectivity index is 2.97. The molecular formula is C15H8F5NO2. The molecule has 0 aliphatic heterocycles. The zero-order valence-electron chi connectivity index (χ0n) is 11.8. The van der Waals surface area contributed by atoms with Crippen molar-refractivity contribution in [1.29, 1.82) is 0 Å². The predicted octanol–water partition coefficient (Wildman–Crippen LogP) is 3.85. The van der Waals surface area contributed by atoms with Gasteiger partial charge in [0.05, 0.1) is 11.1 Å². The molecule has 3 nitrogen and oxygen atoms in total. The summed E-state index contributed by atoms with van der Waals surface area (Å²) in [5.41, 5.74) is -2.80. The number of carbonyl (C=O) groups excluding carboxylic acids is 2. The van der Waals surface area contributed by atoms with Gasteiger partial charge in [0, 0.05) is 18.7 Å². The third kappa shape index (κ3) is 2.60. The number of carbonyl (C=O) groups is 2. The van der Waals surface area contributed by atoms with Gasteiger partial charge in [-0.3, -0.25) is 14.6 Å². The van der Waals surface area contributed by atoms with E-state index < -0.39 is 63.0 Å². The number of Topliss-reactive ketones (excluding diaryl/α,β-unsaturated/α-hetero) is 2. The van der Waals surface area contributed by atoms with Gasteiger partial charge in [0.2, 0.25) is 5.82 Å². The fourth-order valence-corrected chi connectivity index (χ4v) is 2.13. The lowest BCUT2D eigenvalue weighted by molar-refractivity contribution is 0.0977. The number of ketones is 2. The molecule has 0 atom stereocenters. The van der Waals surface area contributed by atoms with Crippen LogP contribution in [0.15, 0.2) is 12.3 Å². The minimum absolute atomic E-state index is 0.418. The smallest absolute Gasteiger partial charge is 0.200 e. The Labute approximate surface area is 126 Å². The van der Waals surface area contributed by atoms with E-state index in [2.05, 4.69) is 4.98 Å². The van der Waals surface area contributed by atoms with Crippen LogP contribution in [0.2, 0.25) is 0 Å². The third-order valence-electron chi connectivity index (χ3n) is 3.12. The zero-order chi connectivity index (χ0) is 17.5. The minimum atomic E-state index is -2.31. The van der Waals surface area contributed by atoms with Crippen LogP contribution in [0.1, 0.15) is 34.7 Å². The van der Waals surface area contributed by atoms with Gasteiger partial charge < -0.3 is 0 Å². The fraction of sp³-hybridized carbons (Fsp3) is 0.133. The van der Waals surface area contributed by atoms with Gasteiger partial charge in [-0.1, -0.05) is 0 Å². The van der Waals surface area contributed by atoms with E-state index in [1.807, 2.05) is 0 Å². The van der Waals surface area contributed by atoms with E-state index in [-0.39, 0.29) is 0 Å². The van der Waals surface area contributed by atoms with Gasteiger partial charge in [-0.05, 0) is 13.0 Å². The topological polar surface area (TPSA) is 47.0 Å². The maximum atomic E-state index is 13.9. The van der Waals surface area contributed by atoms with Crippen molar-refractivity contribution in [2.45, 2.75) is 13.8 Å². The van der Waals surface area contributed by atoms with E-state index in [1.165, 1.54) is 0 Å². The van der Waals surface area contributed by atoms with Crippen molar-refractivity contribution >= 4 is 11.6 Å². The Morgan fingerprint density at radius 2 is 1.30 bits per heavy atom. The molecule has 1 aromatic heterocycles. The summed E-state index contributed by atoms with van der Waals surface area (Å²) in [6, 6.07) is 0.904. The first-order chi connectivity index (χ1) is 10.7. The quantitative estimate of drug-likeness (QED) is 0.372. The lowest BCUT2D eigenvalue weighted by Crippen LogP contribution is -2.11. The van der Waals surface area contributed by atoms with E-state index in [0.29, 0.717) is 0 Å². The number of nitrogens with zero attached hydrogens (tertiary/aromatic N) is 1. The predicted molar refractivity (Wildman–Crippen MR) is 69.5 cm³/mol. The van der Waals surface area contributed by atoms with E-state index in [9.17, 15) is 31.5 Å². The first-order valence-corrected chi connectivity index (χ1v) is 6.21. The summed E-state index contributed by atoms with van der Waals surface area (Å²) in [7, 11) is 0. The highest BCUT2D eigenvalue weighted by Gasteiger charge is 2.30. The molecule has 2 aromatic rings. The van der Waals surface area contributed by atoms with Crippen LogP contribution in [0.3, 0.4) is 0 Å². The van der Waals surface area contributed by atoms with Crippen LogP contribution in [-0.2, 0) is 0 Å². The molecule has 0 amide bonds. The van der Waals surface area contributed by atoms with Gasteiger partial charge in [0.15, 0.2) is 34.8 Å². The first kappa shape index (κ1) is 16.7. The third-order valence-corrected chi connectivity index (χ3v) is 3.12. The molecule has 23 heavy (non-hydrogen) atoms. The molecule has 0 saturated carbocycles. The largest absolute Gasteiger partial charge is 0.294 e. The van der Waals surface area contributed by atoms with Gasteiger partial charge in [0.25, 0.3) is 0 Å². The van der Waals surface area contributed by atoms with E-state index in [0.717, 1.165) is 26.1 Å². The molecule has 0 spiro atoms. The number of pyridine rings is 1. The van der Waals surface area contributed by atoms with Crippen LogP contribution in [-0.4, -0.2) is 16.6 Å². The van der Waals surface area contributed by atoms with Crippen molar-refractivity contribution in [3.05, 3.63) is 52.6 Å². The highest BCUT2D eigenvalue weighted by Crippen LogP contribution is 2.34. The van der Waals surface area contributed by atoms with Crippen molar-refractivity contribution in [2.24, 2.45) is 0 Å². The van der Waals surface area contributed by atoms with Crippen LogP contribution >= 0.6 is 0 Å². The summed E-state index contributed by atoms with van der Waals surface area (Å²) in [6.45, 7) is 2.04. The summed E-state index contributed by atoms with van der Waals surface area (Å²) in [5, 5.41) is 0. The molecule has 0 N–H and O–H groups in total. The van der Waals surface area contributed by atoms with Gasteiger partial charge in [-0.2, -0.15) is 0 Å². The SMILES string of the molecule is CC(=O)c1nccc(-c2c(F)c(F)c(F)c(F)c2F)c1C(C)=O. The molecule has 1 heterocycles. The molecular weight excluding hydrogens is 321 g/mol. The van der Waals surface area contributed by atoms with E-state index in [4.69, 9.17) is 0 Å². The number of rotatable bonds is 3. The number of benzene rings is 1. The Morgan fingerprint density at radius 3 is 1.74 bits per heavy atom. The van der Waals surface area contributed by atoms with Crippen LogP contribution in [0, 0.1) is 29.1 Å². The van der Waals surface area contributed by atoms with E-state index in [1.54, 1.807) is 0 Å². The molecule has 0 bridgehead atoms. The molecule has 0 unspecified atom stereocenters. The second-order valence-corrected chi connectivity index (χ2v) is 4.64. The molecule has 0 radical (unpaired) electrons. The fourth-order valence-electron chi connectivity index (χ4n) is 2.13. The molecule has 2 rings (SSSR count). The molecule has 8 heteroatoms. The first-order valence-electron chi connectivity index (χ1n) is 6.21. The number of hydrogen-bond donors (Lipinski definition) is 0. The Kier molecular flexibility index (Phi) is 4.26. The number of hydrogen-bond acceptors (Lipinski definition) is 3. The molecule has 0 aliphatic rings. The second kappa shape index (κ2) is 5.86. The van der Waals surface area contributed by atoms with E-state index >= 15 is 0 Å². The molecule has 0 fully saturated rings. The van der Waals surface area contributed by atoms with Crippen LogP contribution in [0.4, 0.5) is 22.0 Å². The van der Waals surface area contributed by atoms with Gasteiger partial charge in [0.1, 0.15) is 5.69 Å². The average molecular weight is 329 g/mol. The standard InChI is InChI=1S/C15H8F5NO2/c1-5(22)8-7(3-4-21-15(8)6(2)23)9-10(16)12(18)14(20)13(19)11(9)17/h3-4H,1-2H3. The zero-order valence-corrected chi connectivity index (χ0v) is 11.8. The minimum Gasteiger partial charge on any atom is -0.294 e. The van der Waals surface area contributed by atoms with Crippen LogP contribution in [0.5, 0.6) is 0 Å². The second-order valence-electron chi connectivity index (χ2n) is 4.64. The lowest BCUT2D eigenvalue weighted by atomic mass is 9.94. The highest BCUT2D eigenvalue weighted by molar-refractivity contribution is 6.10. The summed E-state index contributed by atoms with van der Waals surface area (Å²) < 4.78 is 67.7. The van der Waals surface area contributed by atoms with Crippen molar-refractivity contribution in [2.75, 3.05) is 0 Å². The van der Waals surface area contributed by atoms with Gasteiger partial charge in [-0.15, -0.1) is 0 Å². The number of aromatic nitrogens is 1. The Hall–Kier alpha value is -2.64. The average Bonchev–Trinajstić information content (AvgIpc) is 2.50. The number of halogens is 5. The summed E-state index contributed by atoms with van der Waals surface area (Å²) in [4.78, 5) is 26.9. The summed E-state index contributed by atoms with van der Waals surface area (Å²) in [5.74, 6) is -12.3. The van der Waals surface area contributed by atoms with Crippen molar-refractivity contribution in [3.63, 3.8) is 0 Å². The Bertz CT molecular complexity index is 819. The summed E-state index contributed by atoms with van der Waals surface area (Å²) >= 11 is 0. The van der Waals surface area contributed by atoms with Crippen molar-refractivity contribution in [1.82, 2.24) is 4.98 Å².